The van der Waals surface area contributed by atoms with E-state index in [1.54, 1.807) is 6.66 Å². The van der Waals surface area contributed by atoms with E-state index in [-0.39, 0.29) is 8.81 Å². The lowest BCUT2D eigenvalue weighted by molar-refractivity contribution is -1.18. The van der Waals surface area contributed by atoms with Crippen LogP contribution in [0.2, 0.25) is 0 Å². The van der Waals surface area contributed by atoms with Crippen molar-refractivity contribution >= 4 is 8.81 Å². The van der Waals surface area contributed by atoms with Crippen molar-refractivity contribution in [3.8, 4) is 0 Å². The second-order valence-corrected chi connectivity index (χ2v) is 1.37. The van der Waals surface area contributed by atoms with Crippen LogP contribution in [0.4, 0.5) is 0 Å². The third-order valence-electron chi connectivity index (χ3n) is 0.352. The zero-order valence-electron chi connectivity index (χ0n) is 4.22. The van der Waals surface area contributed by atoms with E-state index >= 15 is 0 Å². The Balaban J connectivity index is 2.83. The molecule has 0 saturated heterocycles. The van der Waals surface area contributed by atoms with E-state index in [4.69, 9.17) is 0 Å². The second-order valence-electron chi connectivity index (χ2n) is 0.760. The summed E-state index contributed by atoms with van der Waals surface area (Å²) in [7, 11) is 1.45. The highest BCUT2D eigenvalue weighted by Crippen LogP contribution is 1.94. The highest BCUT2D eigenvalue weighted by Gasteiger charge is 1.86. The largest absolute Gasteiger partial charge is 0.566 e. The van der Waals surface area contributed by atoms with Gasteiger partial charge in [0.25, 0.3) is 0 Å². The molecule has 0 aromatic heterocycles. The van der Waals surface area contributed by atoms with Gasteiger partial charge < -0.3 is 5.21 Å². The zero-order valence-corrected chi connectivity index (χ0v) is 5.22. The lowest BCUT2D eigenvalue weighted by Crippen LogP contribution is -3.03. The molecule has 0 radical (unpaired) electrons. The van der Waals surface area contributed by atoms with E-state index in [9.17, 15) is 5.21 Å². The van der Waals surface area contributed by atoms with E-state index in [0.29, 0.717) is 0 Å². The quantitative estimate of drug-likeness (QED) is 0.392. The molecule has 0 amide bonds. The molecule has 0 saturated carbocycles. The molecule has 0 bridgehead atoms. The molecule has 4 nitrogen and oxygen atoms in total. The molecule has 2 atom stereocenters. The number of hydrogen-bond acceptors (Lipinski definition) is 3. The summed E-state index contributed by atoms with van der Waals surface area (Å²) < 4.78 is 4.36. The molecule has 7 heavy (non-hydrogen) atoms. The summed E-state index contributed by atoms with van der Waals surface area (Å²) in [6.07, 6.45) is 0. The molecule has 1 N–H and O–H groups in total. The molecule has 5 heteroatoms. The van der Waals surface area contributed by atoms with Gasteiger partial charge in [-0.3, -0.25) is 0 Å². The molecule has 0 spiro atoms. The van der Waals surface area contributed by atoms with Crippen LogP contribution in [0.25, 0.3) is 0 Å². The molecular weight excluding hydrogens is 117 g/mol. The zero-order chi connectivity index (χ0) is 5.70. The SMILES string of the molecule is CO[NH+]([O-])OPC. The fourth-order valence-electron chi connectivity index (χ4n) is 0.125. The first-order chi connectivity index (χ1) is 3.31. The minimum absolute atomic E-state index is 0.170. The van der Waals surface area contributed by atoms with Gasteiger partial charge in [0, 0.05) is 0 Å². The maximum Gasteiger partial charge on any atom is 0.0999 e. The number of nitrogens with one attached hydrogen (secondary N) is 1. The van der Waals surface area contributed by atoms with Crippen LogP contribution in [0.3, 0.4) is 0 Å². The van der Waals surface area contributed by atoms with Gasteiger partial charge in [0.15, 0.2) is 0 Å². The Morgan fingerprint density at radius 1 is 1.71 bits per heavy atom. The number of rotatable bonds is 3. The molecule has 0 rings (SSSR count). The highest BCUT2D eigenvalue weighted by molar-refractivity contribution is 7.30. The van der Waals surface area contributed by atoms with Crippen LogP contribution in [0, 0.1) is 5.21 Å². The molecule has 0 aromatic rings. The third-order valence-corrected chi connectivity index (χ3v) is 0.723. The van der Waals surface area contributed by atoms with Gasteiger partial charge in [0.05, 0.1) is 15.9 Å². The van der Waals surface area contributed by atoms with Gasteiger partial charge in [0.2, 0.25) is 0 Å². The molecule has 0 fully saturated rings. The first-order valence-corrected chi connectivity index (χ1v) is 3.13. The monoisotopic (exact) mass is 125 g/mol. The van der Waals surface area contributed by atoms with Gasteiger partial charge in [-0.15, -0.1) is 0 Å². The standard InChI is InChI=1S/C2H8NO3P/c1-5-3(4)6-7-2/h3,7H,1-2H3. The number of hydrogen-bond donors (Lipinski definition) is 1. The van der Waals surface area contributed by atoms with Crippen molar-refractivity contribution in [2.24, 2.45) is 0 Å². The molecule has 0 aromatic carbocycles. The highest BCUT2D eigenvalue weighted by atomic mass is 31.1. The summed E-state index contributed by atoms with van der Waals surface area (Å²) in [6.45, 7) is 1.75. The molecule has 2 unspecified atom stereocenters. The Hall–Kier alpha value is 0.270. The Morgan fingerprint density at radius 2 is 2.29 bits per heavy atom. The van der Waals surface area contributed by atoms with Gasteiger partial charge in [-0.05, 0) is 6.66 Å². The van der Waals surface area contributed by atoms with Crippen LogP contribution in [0.1, 0.15) is 0 Å². The summed E-state index contributed by atoms with van der Waals surface area (Å²) in [5, 5.41) is 9.36. The lowest BCUT2D eigenvalue weighted by Gasteiger charge is -2.11. The first-order valence-electron chi connectivity index (χ1n) is 1.72. The van der Waals surface area contributed by atoms with Crippen LogP contribution >= 0.6 is 8.81 Å². The predicted molar refractivity (Wildman–Crippen MR) is 26.7 cm³/mol. The summed E-state index contributed by atoms with van der Waals surface area (Å²) in [5.74, 6) is 0. The van der Waals surface area contributed by atoms with Crippen LogP contribution in [0.15, 0.2) is 0 Å². The van der Waals surface area contributed by atoms with Crippen molar-refractivity contribution < 1.29 is 14.9 Å². The Bertz CT molecular complexity index is 43.9. The Morgan fingerprint density at radius 3 is 2.43 bits per heavy atom. The molecule has 0 aliphatic carbocycles. The van der Waals surface area contributed by atoms with Crippen molar-refractivity contribution in [1.29, 1.82) is 0 Å². The van der Waals surface area contributed by atoms with Crippen LogP contribution in [-0.4, -0.2) is 13.8 Å². The van der Waals surface area contributed by atoms with E-state index in [1.807, 2.05) is 0 Å². The van der Waals surface area contributed by atoms with Crippen molar-refractivity contribution in [2.45, 2.75) is 0 Å². The van der Waals surface area contributed by atoms with E-state index < -0.39 is 5.39 Å². The molecule has 0 aliphatic heterocycles. The van der Waals surface area contributed by atoms with E-state index in [1.165, 1.54) is 7.11 Å². The molecular formula is C2H8NO3P. The normalized spacial score (nSPS) is 15.9. The molecule has 0 heterocycles. The fourth-order valence-corrected chi connectivity index (χ4v) is 0.375. The Labute approximate surface area is 43.7 Å². The van der Waals surface area contributed by atoms with Gasteiger partial charge >= 0.3 is 0 Å². The molecule has 44 valence electrons. The maximum absolute atomic E-state index is 9.97. The second kappa shape index (κ2) is 4.43. The van der Waals surface area contributed by atoms with Crippen LogP contribution in [-0.2, 0) is 9.46 Å². The minimum atomic E-state index is -0.610. The summed E-state index contributed by atoms with van der Waals surface area (Å²) in [4.78, 5) is 4.14. The van der Waals surface area contributed by atoms with Crippen molar-refractivity contribution in [3.05, 3.63) is 5.21 Å². The third kappa shape index (κ3) is 4.12. The van der Waals surface area contributed by atoms with Gasteiger partial charge in [-0.25, -0.2) is 0 Å². The number of quaternary nitrogens is 1. The van der Waals surface area contributed by atoms with Gasteiger partial charge in [-0.2, -0.15) is 9.46 Å². The van der Waals surface area contributed by atoms with E-state index in [0.717, 1.165) is 0 Å². The minimum Gasteiger partial charge on any atom is -0.566 e. The van der Waals surface area contributed by atoms with Crippen LogP contribution in [0.5, 0.6) is 0 Å². The summed E-state index contributed by atoms with van der Waals surface area (Å²) in [5.41, 5.74) is 0. The van der Waals surface area contributed by atoms with Crippen molar-refractivity contribution in [3.63, 3.8) is 0 Å². The average Bonchev–Trinajstić information content (AvgIpc) is 1.68. The Kier molecular flexibility index (Phi) is 4.60. The smallest absolute Gasteiger partial charge is 0.0999 e. The summed E-state index contributed by atoms with van der Waals surface area (Å²) in [6, 6.07) is 0. The maximum atomic E-state index is 9.97. The van der Waals surface area contributed by atoms with Gasteiger partial charge in [-0.1, -0.05) is 5.39 Å². The van der Waals surface area contributed by atoms with Crippen molar-refractivity contribution in [1.82, 2.24) is 0 Å². The predicted octanol–water partition coefficient (Wildman–Crippen LogP) is -0.915. The first kappa shape index (κ1) is 7.27. The fraction of sp³-hybridized carbons (Fsp3) is 1.00. The topological polar surface area (TPSA) is 46.0 Å². The summed E-state index contributed by atoms with van der Waals surface area (Å²) >= 11 is 0. The van der Waals surface area contributed by atoms with Gasteiger partial charge in [0.1, 0.15) is 0 Å². The van der Waals surface area contributed by atoms with E-state index in [2.05, 4.69) is 9.46 Å². The average molecular weight is 125 g/mol. The van der Waals surface area contributed by atoms with Crippen LogP contribution < -0.4 is 5.39 Å². The molecule has 0 aliphatic rings. The lowest BCUT2D eigenvalue weighted by atomic mass is 11.7. The van der Waals surface area contributed by atoms with Crippen molar-refractivity contribution in [2.75, 3.05) is 13.8 Å².